The summed E-state index contributed by atoms with van der Waals surface area (Å²) in [6.07, 6.45) is -6.42. The molecule has 10 heteroatoms. The summed E-state index contributed by atoms with van der Waals surface area (Å²) in [5, 5.41) is 8.59. The van der Waals surface area contributed by atoms with Crippen LogP contribution in [0.5, 0.6) is 0 Å². The summed E-state index contributed by atoms with van der Waals surface area (Å²) in [7, 11) is 0. The molecule has 0 radical (unpaired) electrons. The van der Waals surface area contributed by atoms with Gasteiger partial charge < -0.3 is 5.11 Å². The zero-order chi connectivity index (χ0) is 16.9. The predicted molar refractivity (Wildman–Crippen MR) is 63.7 cm³/mol. The number of carbonyl (C=O) groups is 1. The predicted octanol–water partition coefficient (Wildman–Crippen LogP) is 4.89. The van der Waals surface area contributed by atoms with Gasteiger partial charge in [-0.1, -0.05) is 6.07 Å². The molecule has 2 nitrogen and oxygen atoms in total. The van der Waals surface area contributed by atoms with E-state index in [9.17, 15) is 35.5 Å². The van der Waals surface area contributed by atoms with E-state index in [1.807, 2.05) is 0 Å². The molecule has 0 bridgehead atoms. The van der Waals surface area contributed by atoms with Crippen LogP contribution in [0.15, 0.2) is 24.3 Å². The number of carboxylic acid groups (broad SMARTS) is 1. The Morgan fingerprint density at radius 1 is 1.00 bits per heavy atom. The summed E-state index contributed by atoms with van der Waals surface area (Å²) < 4.78 is 89.6. The highest BCUT2D eigenvalue weighted by Crippen LogP contribution is 2.52. The Morgan fingerprint density at radius 3 is 2.09 bits per heavy atom. The first-order chi connectivity index (χ1) is 9.88. The number of alkyl halides is 7. The van der Waals surface area contributed by atoms with Crippen LogP contribution in [0.3, 0.4) is 0 Å². The van der Waals surface area contributed by atoms with Crippen LogP contribution in [0.1, 0.15) is 15.2 Å². The van der Waals surface area contributed by atoms with Crippen molar-refractivity contribution in [1.82, 2.24) is 0 Å². The van der Waals surface area contributed by atoms with E-state index in [0.717, 1.165) is 12.1 Å². The molecule has 0 spiro atoms. The van der Waals surface area contributed by atoms with E-state index >= 15 is 0 Å². The van der Waals surface area contributed by atoms with Gasteiger partial charge in [-0.15, -0.1) is 11.3 Å². The average Bonchev–Trinajstić information content (AvgIpc) is 2.79. The third-order valence-electron chi connectivity index (χ3n) is 2.84. The minimum Gasteiger partial charge on any atom is -0.477 e. The Balaban J connectivity index is 2.56. The molecule has 0 saturated heterocycles. The lowest BCUT2D eigenvalue weighted by Gasteiger charge is -2.28. The van der Waals surface area contributed by atoms with Crippen molar-refractivity contribution in [3.63, 3.8) is 0 Å². The lowest BCUT2D eigenvalue weighted by Crippen LogP contribution is -2.49. The zero-order valence-corrected chi connectivity index (χ0v) is 11.0. The normalized spacial score (nSPS) is 13.6. The van der Waals surface area contributed by atoms with Crippen molar-refractivity contribution in [2.75, 3.05) is 0 Å². The molecule has 22 heavy (non-hydrogen) atoms. The van der Waals surface area contributed by atoms with E-state index in [4.69, 9.17) is 5.11 Å². The quantitative estimate of drug-likeness (QED) is 0.804. The van der Waals surface area contributed by atoms with Crippen molar-refractivity contribution >= 4 is 27.4 Å². The monoisotopic (exact) mass is 346 g/mol. The van der Waals surface area contributed by atoms with Gasteiger partial charge in [-0.05, 0) is 23.6 Å². The number of halogens is 7. The van der Waals surface area contributed by atoms with E-state index in [0.29, 0.717) is 23.5 Å². The smallest absolute Gasteiger partial charge is 0.460 e. The lowest BCUT2D eigenvalue weighted by molar-refractivity contribution is -0.359. The number of benzene rings is 1. The topological polar surface area (TPSA) is 37.3 Å². The molecule has 1 aromatic carbocycles. The van der Waals surface area contributed by atoms with Gasteiger partial charge in [0.1, 0.15) is 4.88 Å². The van der Waals surface area contributed by atoms with Crippen molar-refractivity contribution in [1.29, 1.82) is 0 Å². The maximum absolute atomic E-state index is 13.5. The van der Waals surface area contributed by atoms with Crippen LogP contribution >= 0.6 is 11.3 Å². The van der Waals surface area contributed by atoms with Crippen molar-refractivity contribution < 1.29 is 40.6 Å². The third-order valence-corrected chi connectivity index (χ3v) is 3.94. The molecule has 1 aromatic heterocycles. The van der Waals surface area contributed by atoms with Gasteiger partial charge in [-0.25, -0.2) is 4.79 Å². The molecular weight excluding hydrogens is 341 g/mol. The van der Waals surface area contributed by atoms with Gasteiger partial charge in [0.15, 0.2) is 0 Å². The second-order valence-corrected chi connectivity index (χ2v) is 5.40. The number of rotatable bonds is 3. The molecule has 2 aromatic rings. The first-order valence-corrected chi connectivity index (χ1v) is 6.29. The Labute approximate surface area is 121 Å². The van der Waals surface area contributed by atoms with Gasteiger partial charge in [0.2, 0.25) is 0 Å². The number of hydrogen-bond donors (Lipinski definition) is 1. The van der Waals surface area contributed by atoms with Gasteiger partial charge in [0, 0.05) is 10.3 Å². The molecule has 0 aliphatic heterocycles. The fourth-order valence-corrected chi connectivity index (χ4v) is 2.59. The van der Waals surface area contributed by atoms with Crippen LogP contribution in [0, 0.1) is 0 Å². The van der Waals surface area contributed by atoms with Crippen molar-refractivity contribution in [2.45, 2.75) is 18.0 Å². The minimum absolute atomic E-state index is 0.155. The maximum Gasteiger partial charge on any atom is 0.460 e. The Kier molecular flexibility index (Phi) is 3.63. The van der Waals surface area contributed by atoms with E-state index in [1.165, 1.54) is 0 Å². The first kappa shape index (κ1) is 16.5. The molecule has 2 rings (SSSR count). The number of fused-ring (bicyclic) bond motifs is 1. The highest BCUT2D eigenvalue weighted by Gasteiger charge is 2.73. The maximum atomic E-state index is 13.5. The molecule has 0 aliphatic carbocycles. The van der Waals surface area contributed by atoms with Crippen molar-refractivity contribution in [3.05, 3.63) is 34.7 Å². The standard InChI is InChI=1S/C12H5F7O2S/c13-10(14,11(15,16)12(17,18)19)6-1-2-7-5(3-6)4-8(22-7)9(20)21/h1-4H,(H,20,21). The summed E-state index contributed by atoms with van der Waals surface area (Å²) in [6, 6.07) is 2.65. The second-order valence-electron chi connectivity index (χ2n) is 4.31. The number of hydrogen-bond acceptors (Lipinski definition) is 2. The highest BCUT2D eigenvalue weighted by molar-refractivity contribution is 7.20. The van der Waals surface area contributed by atoms with Crippen LogP contribution in [0.25, 0.3) is 10.1 Å². The highest BCUT2D eigenvalue weighted by atomic mass is 32.1. The zero-order valence-electron chi connectivity index (χ0n) is 10.2. The molecule has 1 N–H and O–H groups in total. The lowest BCUT2D eigenvalue weighted by atomic mass is 10.0. The first-order valence-electron chi connectivity index (χ1n) is 5.47. The Hall–Kier alpha value is -1.84. The molecule has 0 unspecified atom stereocenters. The van der Waals surface area contributed by atoms with Crippen LogP contribution < -0.4 is 0 Å². The van der Waals surface area contributed by atoms with Crippen molar-refractivity contribution in [3.8, 4) is 0 Å². The van der Waals surface area contributed by atoms with Crippen LogP contribution in [0.4, 0.5) is 30.7 Å². The van der Waals surface area contributed by atoms with Gasteiger partial charge in [0.25, 0.3) is 0 Å². The average molecular weight is 346 g/mol. The van der Waals surface area contributed by atoms with Crippen LogP contribution in [0.2, 0.25) is 0 Å². The molecular formula is C12H5F7O2S. The fourth-order valence-electron chi connectivity index (χ4n) is 1.70. The van der Waals surface area contributed by atoms with E-state index in [1.54, 1.807) is 0 Å². The fraction of sp³-hybridized carbons (Fsp3) is 0.250. The minimum atomic E-state index is -6.42. The van der Waals surface area contributed by atoms with Gasteiger partial charge >= 0.3 is 24.0 Å². The molecule has 1 heterocycles. The largest absolute Gasteiger partial charge is 0.477 e. The van der Waals surface area contributed by atoms with Gasteiger partial charge in [-0.3, -0.25) is 0 Å². The van der Waals surface area contributed by atoms with E-state index in [-0.39, 0.29) is 15.0 Å². The molecule has 120 valence electrons. The summed E-state index contributed by atoms with van der Waals surface area (Å²) in [5.41, 5.74) is -1.54. The Bertz CT molecular complexity index is 733. The van der Waals surface area contributed by atoms with Crippen LogP contribution in [-0.2, 0) is 5.92 Å². The Morgan fingerprint density at radius 2 is 1.59 bits per heavy atom. The molecule has 0 atom stereocenters. The molecule has 0 saturated carbocycles. The number of thiophene rings is 1. The van der Waals surface area contributed by atoms with Gasteiger partial charge in [0.05, 0.1) is 0 Å². The third kappa shape index (κ3) is 2.40. The molecule has 0 aliphatic rings. The van der Waals surface area contributed by atoms with E-state index in [2.05, 4.69) is 0 Å². The summed E-state index contributed by atoms with van der Waals surface area (Å²) >= 11 is 0.684. The van der Waals surface area contributed by atoms with Gasteiger partial charge in [-0.2, -0.15) is 30.7 Å². The second kappa shape index (κ2) is 4.83. The summed E-state index contributed by atoms with van der Waals surface area (Å²) in [6.45, 7) is 0. The van der Waals surface area contributed by atoms with E-state index < -0.39 is 29.6 Å². The molecule has 0 amide bonds. The molecule has 0 fully saturated rings. The SMILES string of the molecule is O=C(O)c1cc2cc(C(F)(F)C(F)(F)C(F)(F)F)ccc2s1. The summed E-state index contributed by atoms with van der Waals surface area (Å²) in [4.78, 5) is 10.5. The number of aromatic carboxylic acids is 1. The van der Waals surface area contributed by atoms with Crippen LogP contribution in [-0.4, -0.2) is 23.2 Å². The summed E-state index contributed by atoms with van der Waals surface area (Å²) in [5.74, 6) is -13.1. The number of carboxylic acids is 1. The van der Waals surface area contributed by atoms with Crippen molar-refractivity contribution in [2.24, 2.45) is 0 Å².